The molecule has 178 valence electrons. The number of carboxylic acids is 1. The normalized spacial score (nSPS) is 15.5. The van der Waals surface area contributed by atoms with Crippen LogP contribution in [0, 0.1) is 5.92 Å². The highest BCUT2D eigenvalue weighted by molar-refractivity contribution is 5.94. The van der Waals surface area contributed by atoms with Gasteiger partial charge in [0.15, 0.2) is 0 Å². The van der Waals surface area contributed by atoms with E-state index in [1.807, 2.05) is 12.2 Å². The summed E-state index contributed by atoms with van der Waals surface area (Å²) < 4.78 is 0. The van der Waals surface area contributed by atoms with Crippen molar-refractivity contribution in [2.24, 2.45) is 11.7 Å². The highest BCUT2D eigenvalue weighted by Gasteiger charge is 2.27. The number of carboxylic acid groups (broad SMARTS) is 1. The molecule has 0 aliphatic heterocycles. The van der Waals surface area contributed by atoms with Crippen molar-refractivity contribution >= 4 is 29.6 Å². The largest absolute Gasteiger partial charge is 0.480 e. The fraction of sp³-hybridized carbons (Fsp3) is 0.706. The average molecular weight is 449 g/mol. The van der Waals surface area contributed by atoms with E-state index >= 15 is 0 Å². The lowest BCUT2D eigenvalue weighted by atomic mass is 9.99. The first kappa shape index (κ1) is 28.2. The molecule has 10 N–H and O–H groups in total. The molecule has 0 aromatic rings. The molecular weight excluding hydrogens is 418 g/mol. The van der Waals surface area contributed by atoms with Crippen LogP contribution in [-0.2, 0) is 24.0 Å². The number of nitrogens with two attached hydrogens (primary N) is 1. The molecule has 0 saturated heterocycles. The minimum absolute atomic E-state index is 0.165. The molecule has 0 aromatic heterocycles. The third kappa shape index (κ3) is 9.69. The number of rotatable bonds is 14. The second-order valence-corrected chi connectivity index (χ2v) is 6.76. The van der Waals surface area contributed by atoms with Crippen molar-refractivity contribution < 1.29 is 44.4 Å². The van der Waals surface area contributed by atoms with Crippen molar-refractivity contribution in [2.75, 3.05) is 26.4 Å². The first-order valence-corrected chi connectivity index (χ1v) is 9.50. The summed E-state index contributed by atoms with van der Waals surface area (Å²) in [4.78, 5) is 58.8. The predicted octanol–water partition coefficient (Wildman–Crippen LogP) is -5.01. The van der Waals surface area contributed by atoms with Crippen LogP contribution in [0.5, 0.6) is 0 Å². The number of aliphatic hydroxyl groups is 3. The van der Waals surface area contributed by atoms with Crippen LogP contribution in [0.25, 0.3) is 0 Å². The zero-order chi connectivity index (χ0) is 24.1. The number of aliphatic carboxylic acids is 1. The van der Waals surface area contributed by atoms with Gasteiger partial charge < -0.3 is 47.4 Å². The Bertz CT molecular complexity index is 645. The van der Waals surface area contributed by atoms with Crippen molar-refractivity contribution in [1.29, 1.82) is 0 Å². The molecule has 0 spiro atoms. The zero-order valence-electron chi connectivity index (χ0n) is 17.3. The number of carbonyl (C=O) groups excluding carboxylic acids is 4. The molecule has 31 heavy (non-hydrogen) atoms. The second-order valence-electron chi connectivity index (χ2n) is 6.76. The topological polar surface area (TPSA) is 240 Å². The molecule has 0 aliphatic rings. The van der Waals surface area contributed by atoms with E-state index in [0.717, 1.165) is 0 Å². The van der Waals surface area contributed by atoms with E-state index in [9.17, 15) is 34.2 Å². The summed E-state index contributed by atoms with van der Waals surface area (Å²) >= 11 is 0. The van der Waals surface area contributed by atoms with Crippen LogP contribution in [-0.4, -0.2) is 101 Å². The van der Waals surface area contributed by atoms with Crippen LogP contribution in [0.3, 0.4) is 0 Å². The summed E-state index contributed by atoms with van der Waals surface area (Å²) in [6, 6.07) is -5.44. The van der Waals surface area contributed by atoms with E-state index in [4.69, 9.17) is 15.9 Å². The Hall–Kier alpha value is -2.81. The lowest BCUT2D eigenvalue weighted by molar-refractivity contribution is -0.143. The third-order valence-electron chi connectivity index (χ3n) is 4.43. The molecule has 0 aromatic carbocycles. The van der Waals surface area contributed by atoms with Crippen LogP contribution < -0.4 is 27.0 Å². The summed E-state index contributed by atoms with van der Waals surface area (Å²) in [7, 11) is 0. The van der Waals surface area contributed by atoms with Crippen molar-refractivity contribution in [2.45, 2.75) is 44.4 Å². The van der Waals surface area contributed by atoms with Crippen LogP contribution in [0.15, 0.2) is 0 Å². The molecule has 0 saturated carbocycles. The van der Waals surface area contributed by atoms with Gasteiger partial charge in [-0.3, -0.25) is 19.2 Å². The van der Waals surface area contributed by atoms with E-state index in [0.29, 0.717) is 6.42 Å². The van der Waals surface area contributed by atoms with Crippen molar-refractivity contribution in [3.63, 3.8) is 0 Å². The fourth-order valence-electron chi connectivity index (χ4n) is 2.16. The van der Waals surface area contributed by atoms with Gasteiger partial charge in [0.2, 0.25) is 23.6 Å². The van der Waals surface area contributed by atoms with Crippen molar-refractivity contribution in [1.82, 2.24) is 21.3 Å². The van der Waals surface area contributed by atoms with Gasteiger partial charge in [0.05, 0.1) is 32.4 Å². The zero-order valence-corrected chi connectivity index (χ0v) is 17.3. The summed E-state index contributed by atoms with van der Waals surface area (Å²) in [6.07, 6.45) is 0.621. The maximum absolute atomic E-state index is 12.1. The lowest BCUT2D eigenvalue weighted by Crippen LogP contribution is -2.57. The number of hydrogen-bond acceptors (Lipinski definition) is 9. The molecular formula is C17H31N5O9. The summed E-state index contributed by atoms with van der Waals surface area (Å²) in [5, 5.41) is 44.6. The number of carbonyl (C=O) groups is 5. The van der Waals surface area contributed by atoms with Crippen LogP contribution in [0.4, 0.5) is 0 Å². The van der Waals surface area contributed by atoms with Gasteiger partial charge in [-0.25, -0.2) is 4.79 Å². The highest BCUT2D eigenvalue weighted by Crippen LogP contribution is 2.05. The van der Waals surface area contributed by atoms with E-state index in [1.165, 1.54) is 0 Å². The SMILES string of the molecule is CC[C@H](C)[C@H](N)C(=O)N[C@@H](CO)C(=O)NCC(=O)N[C@@H](CO)C(=O)N[C@@H](CO)C(=O)O. The van der Waals surface area contributed by atoms with E-state index in [2.05, 4.69) is 16.0 Å². The molecule has 4 amide bonds. The summed E-state index contributed by atoms with van der Waals surface area (Å²) in [5.74, 6) is -5.21. The van der Waals surface area contributed by atoms with Gasteiger partial charge in [0.25, 0.3) is 0 Å². The van der Waals surface area contributed by atoms with Gasteiger partial charge in [-0.05, 0) is 5.92 Å². The number of hydrogen-bond donors (Lipinski definition) is 9. The lowest BCUT2D eigenvalue weighted by Gasteiger charge is -2.22. The Kier molecular flexibility index (Phi) is 12.9. The molecule has 0 unspecified atom stereocenters. The maximum Gasteiger partial charge on any atom is 0.328 e. The van der Waals surface area contributed by atoms with Crippen LogP contribution >= 0.6 is 0 Å². The Morgan fingerprint density at radius 2 is 1.29 bits per heavy atom. The van der Waals surface area contributed by atoms with E-state index in [1.54, 1.807) is 6.92 Å². The maximum atomic E-state index is 12.1. The Balaban J connectivity index is 4.73. The Morgan fingerprint density at radius 1 is 0.806 bits per heavy atom. The minimum Gasteiger partial charge on any atom is -0.480 e. The van der Waals surface area contributed by atoms with Gasteiger partial charge >= 0.3 is 5.97 Å². The summed E-state index contributed by atoms with van der Waals surface area (Å²) in [6.45, 7) is 0.360. The predicted molar refractivity (Wildman–Crippen MR) is 105 cm³/mol. The molecule has 0 rings (SSSR count). The van der Waals surface area contributed by atoms with E-state index < -0.39 is 80.1 Å². The molecule has 14 heteroatoms. The molecule has 5 atom stereocenters. The summed E-state index contributed by atoms with van der Waals surface area (Å²) in [5.41, 5.74) is 5.75. The third-order valence-corrected chi connectivity index (χ3v) is 4.43. The molecule has 14 nitrogen and oxygen atoms in total. The van der Waals surface area contributed by atoms with Gasteiger partial charge in [0, 0.05) is 0 Å². The minimum atomic E-state index is -1.63. The van der Waals surface area contributed by atoms with Crippen LogP contribution in [0.1, 0.15) is 20.3 Å². The molecule has 0 aliphatic carbocycles. The first-order valence-electron chi connectivity index (χ1n) is 9.50. The van der Waals surface area contributed by atoms with Crippen molar-refractivity contribution in [3.8, 4) is 0 Å². The van der Waals surface area contributed by atoms with Gasteiger partial charge in [-0.15, -0.1) is 0 Å². The van der Waals surface area contributed by atoms with Gasteiger partial charge in [0.1, 0.15) is 18.1 Å². The molecule has 0 radical (unpaired) electrons. The highest BCUT2D eigenvalue weighted by atomic mass is 16.4. The van der Waals surface area contributed by atoms with Gasteiger partial charge in [-0.1, -0.05) is 20.3 Å². The van der Waals surface area contributed by atoms with E-state index in [-0.39, 0.29) is 5.92 Å². The Labute approximate surface area is 178 Å². The molecule has 0 fully saturated rings. The number of amides is 4. The fourth-order valence-corrected chi connectivity index (χ4v) is 2.16. The van der Waals surface area contributed by atoms with Crippen molar-refractivity contribution in [3.05, 3.63) is 0 Å². The molecule has 0 heterocycles. The quantitative estimate of drug-likeness (QED) is 0.122. The monoisotopic (exact) mass is 449 g/mol. The molecule has 0 bridgehead atoms. The number of nitrogens with one attached hydrogen (secondary N) is 4. The average Bonchev–Trinajstić information content (AvgIpc) is 2.75. The second kappa shape index (κ2) is 14.2. The number of aliphatic hydroxyl groups excluding tert-OH is 3. The standard InChI is InChI=1S/C17H31N5O9/c1-3-8(2)13(18)16(29)21-9(5-23)14(27)19-4-12(26)20-10(6-24)15(28)22-11(7-25)17(30)31/h8-11,13,23-25H,3-7,18H2,1-2H3,(H,19,27)(H,20,26)(H,21,29)(H,22,28)(H,30,31)/t8-,9-,10-,11-,13-/m0/s1. The Morgan fingerprint density at radius 3 is 1.74 bits per heavy atom. The van der Waals surface area contributed by atoms with Gasteiger partial charge in [-0.2, -0.15) is 0 Å². The van der Waals surface area contributed by atoms with Crippen LogP contribution in [0.2, 0.25) is 0 Å². The smallest absolute Gasteiger partial charge is 0.328 e. The first-order chi connectivity index (χ1) is 14.5.